The summed E-state index contributed by atoms with van der Waals surface area (Å²) in [4.78, 5) is 29.3. The van der Waals surface area contributed by atoms with Gasteiger partial charge in [0.2, 0.25) is 11.7 Å². The van der Waals surface area contributed by atoms with Gasteiger partial charge in [0.1, 0.15) is 5.82 Å². The number of nitrogens with zero attached hydrogens (tertiary/aromatic N) is 2. The van der Waals surface area contributed by atoms with Gasteiger partial charge in [0.05, 0.1) is 31.9 Å². The molecule has 1 amide bonds. The molecule has 1 fully saturated rings. The van der Waals surface area contributed by atoms with Crippen LogP contribution in [-0.2, 0) is 11.2 Å². The molecule has 2 heterocycles. The second-order valence-electron chi connectivity index (χ2n) is 7.67. The van der Waals surface area contributed by atoms with E-state index in [2.05, 4.69) is 0 Å². The Labute approximate surface area is 184 Å². The molecule has 0 N–H and O–H groups in total. The lowest BCUT2D eigenvalue weighted by Crippen LogP contribution is -2.49. The van der Waals surface area contributed by atoms with Crippen molar-refractivity contribution >= 4 is 22.6 Å². The number of methoxy groups -OCH3 is 2. The van der Waals surface area contributed by atoms with Gasteiger partial charge in [0.15, 0.2) is 11.3 Å². The molecule has 1 aromatic heterocycles. The van der Waals surface area contributed by atoms with E-state index < -0.39 is 5.63 Å². The van der Waals surface area contributed by atoms with Crippen LogP contribution < -0.4 is 20.0 Å². The minimum Gasteiger partial charge on any atom is -0.493 e. The molecule has 3 aromatic rings. The molecule has 0 saturated carbocycles. The number of benzene rings is 2. The number of piperazine rings is 1. The van der Waals surface area contributed by atoms with Gasteiger partial charge in [-0.3, -0.25) is 4.79 Å². The van der Waals surface area contributed by atoms with Crippen LogP contribution in [0.5, 0.6) is 11.5 Å². The molecule has 0 atom stereocenters. The molecule has 8 heteroatoms. The average molecular weight is 440 g/mol. The fourth-order valence-corrected chi connectivity index (χ4v) is 4.14. The smallest absolute Gasteiger partial charge is 0.340 e. The molecule has 1 saturated heterocycles. The number of amides is 1. The highest BCUT2D eigenvalue weighted by Crippen LogP contribution is 2.36. The van der Waals surface area contributed by atoms with E-state index in [1.54, 1.807) is 42.2 Å². The van der Waals surface area contributed by atoms with Crippen LogP contribution in [0.4, 0.5) is 10.1 Å². The highest BCUT2D eigenvalue weighted by molar-refractivity contribution is 5.90. The zero-order chi connectivity index (χ0) is 22.8. The molecule has 0 bridgehead atoms. The highest BCUT2D eigenvalue weighted by atomic mass is 19.1. The first kappa shape index (κ1) is 21.7. The van der Waals surface area contributed by atoms with Crippen molar-refractivity contribution in [2.45, 2.75) is 13.3 Å². The van der Waals surface area contributed by atoms with Crippen molar-refractivity contribution < 1.29 is 23.1 Å². The van der Waals surface area contributed by atoms with E-state index in [1.165, 1.54) is 20.3 Å². The Bertz CT molecular complexity index is 1210. The third-order valence-electron chi connectivity index (χ3n) is 5.95. The van der Waals surface area contributed by atoms with E-state index in [0.29, 0.717) is 65.5 Å². The Hall–Kier alpha value is -3.55. The monoisotopic (exact) mass is 440 g/mol. The van der Waals surface area contributed by atoms with Gasteiger partial charge >= 0.3 is 5.63 Å². The zero-order valence-corrected chi connectivity index (χ0v) is 18.3. The van der Waals surface area contributed by atoms with Crippen LogP contribution in [0.2, 0.25) is 0 Å². The number of aryl methyl sites for hydroxylation is 1. The molecule has 4 rings (SSSR count). The molecule has 0 spiro atoms. The topological polar surface area (TPSA) is 72.2 Å². The molecular formula is C24H25FN2O5. The van der Waals surface area contributed by atoms with E-state index in [1.807, 2.05) is 4.90 Å². The third kappa shape index (κ3) is 3.88. The summed E-state index contributed by atoms with van der Waals surface area (Å²) in [5.74, 6) is 0.364. The predicted octanol–water partition coefficient (Wildman–Crippen LogP) is 3.15. The van der Waals surface area contributed by atoms with Crippen LogP contribution in [-0.4, -0.2) is 51.2 Å². The first-order valence-corrected chi connectivity index (χ1v) is 10.4. The van der Waals surface area contributed by atoms with E-state index in [4.69, 9.17) is 13.9 Å². The summed E-state index contributed by atoms with van der Waals surface area (Å²) in [5, 5.41) is 0.689. The minimum absolute atomic E-state index is 0.0574. The number of rotatable bonds is 5. The lowest BCUT2D eigenvalue weighted by molar-refractivity contribution is -0.130. The van der Waals surface area contributed by atoms with Gasteiger partial charge in [0, 0.05) is 31.6 Å². The fourth-order valence-electron chi connectivity index (χ4n) is 4.14. The van der Waals surface area contributed by atoms with Gasteiger partial charge < -0.3 is 23.7 Å². The molecule has 1 aliphatic rings. The van der Waals surface area contributed by atoms with Gasteiger partial charge in [-0.1, -0.05) is 12.1 Å². The molecular weight excluding hydrogens is 415 g/mol. The number of para-hydroxylation sites is 1. The number of fused-ring (bicyclic) bond motifs is 1. The van der Waals surface area contributed by atoms with Crippen molar-refractivity contribution in [2.75, 3.05) is 45.3 Å². The largest absolute Gasteiger partial charge is 0.493 e. The minimum atomic E-state index is -0.570. The third-order valence-corrected chi connectivity index (χ3v) is 5.95. The van der Waals surface area contributed by atoms with Gasteiger partial charge in [0.25, 0.3) is 0 Å². The Balaban J connectivity index is 1.53. The summed E-state index contributed by atoms with van der Waals surface area (Å²) in [6.45, 7) is 3.75. The molecule has 0 aliphatic carbocycles. The maximum Gasteiger partial charge on any atom is 0.340 e. The molecule has 0 radical (unpaired) electrons. The highest BCUT2D eigenvalue weighted by Gasteiger charge is 2.25. The van der Waals surface area contributed by atoms with Gasteiger partial charge in [-0.2, -0.15) is 0 Å². The van der Waals surface area contributed by atoms with E-state index in [0.717, 1.165) is 0 Å². The van der Waals surface area contributed by atoms with Gasteiger partial charge in [-0.05, 0) is 36.8 Å². The Morgan fingerprint density at radius 1 is 1.06 bits per heavy atom. The lowest BCUT2D eigenvalue weighted by atomic mass is 10.0. The Morgan fingerprint density at radius 3 is 2.44 bits per heavy atom. The summed E-state index contributed by atoms with van der Waals surface area (Å²) in [7, 11) is 2.98. The van der Waals surface area contributed by atoms with Crippen LogP contribution in [0.3, 0.4) is 0 Å². The molecule has 1 aliphatic heterocycles. The summed E-state index contributed by atoms with van der Waals surface area (Å²) in [6.07, 6.45) is -0.0574. The zero-order valence-electron chi connectivity index (χ0n) is 18.3. The quantitative estimate of drug-likeness (QED) is 0.568. The SMILES string of the molecule is COc1ccc2c(C)c(CC(=O)N3CCN(c4ccccc4F)CC3)c(=O)oc2c1OC. The first-order valence-electron chi connectivity index (χ1n) is 10.4. The first-order chi connectivity index (χ1) is 15.4. The summed E-state index contributed by atoms with van der Waals surface area (Å²) < 4.78 is 30.2. The molecule has 168 valence electrons. The van der Waals surface area contributed by atoms with Crippen molar-refractivity contribution in [1.29, 1.82) is 0 Å². The van der Waals surface area contributed by atoms with E-state index >= 15 is 0 Å². The van der Waals surface area contributed by atoms with Crippen molar-refractivity contribution in [3.05, 3.63) is 63.8 Å². The van der Waals surface area contributed by atoms with Crippen molar-refractivity contribution in [1.82, 2.24) is 4.90 Å². The van der Waals surface area contributed by atoms with E-state index in [-0.39, 0.29) is 18.1 Å². The van der Waals surface area contributed by atoms with Gasteiger partial charge in [-0.15, -0.1) is 0 Å². The van der Waals surface area contributed by atoms with Crippen molar-refractivity contribution in [2.24, 2.45) is 0 Å². The number of ether oxygens (including phenoxy) is 2. The van der Waals surface area contributed by atoms with Gasteiger partial charge in [-0.25, -0.2) is 9.18 Å². The number of hydrogen-bond acceptors (Lipinski definition) is 6. The van der Waals surface area contributed by atoms with Crippen LogP contribution in [0, 0.1) is 12.7 Å². The Kier molecular flexibility index (Phi) is 6.03. The van der Waals surface area contributed by atoms with Crippen LogP contribution in [0.15, 0.2) is 45.6 Å². The second kappa shape index (κ2) is 8.90. The number of carbonyl (C=O) groups is 1. The lowest BCUT2D eigenvalue weighted by Gasteiger charge is -2.36. The van der Waals surface area contributed by atoms with Crippen LogP contribution in [0.1, 0.15) is 11.1 Å². The van der Waals surface area contributed by atoms with Crippen LogP contribution in [0.25, 0.3) is 11.0 Å². The maximum absolute atomic E-state index is 14.1. The number of carbonyl (C=O) groups excluding carboxylic acids is 1. The van der Waals surface area contributed by atoms with Crippen LogP contribution >= 0.6 is 0 Å². The standard InChI is InChI=1S/C24H25FN2O5/c1-15-16-8-9-20(30-2)23(31-3)22(16)32-24(29)17(15)14-21(28)27-12-10-26(11-13-27)19-7-5-4-6-18(19)25/h4-9H,10-14H2,1-3H3. The van der Waals surface area contributed by atoms with Crippen molar-refractivity contribution in [3.63, 3.8) is 0 Å². The summed E-state index contributed by atoms with van der Waals surface area (Å²) >= 11 is 0. The van der Waals surface area contributed by atoms with Crippen molar-refractivity contribution in [3.8, 4) is 11.5 Å². The predicted molar refractivity (Wildman–Crippen MR) is 119 cm³/mol. The second-order valence-corrected chi connectivity index (χ2v) is 7.67. The fraction of sp³-hybridized carbons (Fsp3) is 0.333. The van der Waals surface area contributed by atoms with E-state index in [9.17, 15) is 14.0 Å². The summed E-state index contributed by atoms with van der Waals surface area (Å²) in [6, 6.07) is 10.1. The molecule has 32 heavy (non-hydrogen) atoms. The normalized spacial score (nSPS) is 14.0. The summed E-state index contributed by atoms with van der Waals surface area (Å²) in [5.41, 5.74) is 1.26. The number of halogens is 1. The molecule has 0 unspecified atom stereocenters. The average Bonchev–Trinajstić information content (AvgIpc) is 2.81. The number of anilines is 1. The molecule has 7 nitrogen and oxygen atoms in total. The molecule has 2 aromatic carbocycles. The number of hydrogen-bond donors (Lipinski definition) is 0. The Morgan fingerprint density at radius 2 is 1.78 bits per heavy atom. The maximum atomic E-state index is 14.1.